The van der Waals surface area contributed by atoms with E-state index in [1.54, 1.807) is 0 Å². The molecular weight excluding hydrogens is 322 g/mol. The third-order valence-corrected chi connectivity index (χ3v) is 6.42. The zero-order valence-corrected chi connectivity index (χ0v) is 16.4. The Hall–Kier alpha value is -1.81. The Morgan fingerprint density at radius 3 is 2.81 bits per heavy atom. The fraction of sp³-hybridized carbons (Fsp3) is 0.591. The van der Waals surface area contributed by atoms with E-state index in [0.717, 1.165) is 25.9 Å². The van der Waals surface area contributed by atoms with Gasteiger partial charge < -0.3 is 15.5 Å². The molecule has 2 aliphatic heterocycles. The van der Waals surface area contributed by atoms with Gasteiger partial charge in [0.05, 0.1) is 5.92 Å². The second-order valence-electron chi connectivity index (χ2n) is 8.37. The largest absolute Gasteiger partial charge is 0.384 e. The molecule has 0 fully saturated rings. The number of carbonyl (C=O) groups excluding carboxylic acids is 1. The summed E-state index contributed by atoms with van der Waals surface area (Å²) in [7, 11) is 0. The van der Waals surface area contributed by atoms with E-state index in [4.69, 9.17) is 0 Å². The molecule has 0 radical (unpaired) electrons. The molecule has 4 atom stereocenters. The van der Waals surface area contributed by atoms with Gasteiger partial charge >= 0.3 is 0 Å². The summed E-state index contributed by atoms with van der Waals surface area (Å²) < 4.78 is 0. The molecule has 2 heterocycles. The summed E-state index contributed by atoms with van der Waals surface area (Å²) in [5.41, 5.74) is 5.42. The third-order valence-electron chi connectivity index (χ3n) is 6.42. The maximum absolute atomic E-state index is 13.3. The Kier molecular flexibility index (Phi) is 4.55. The first-order valence-electron chi connectivity index (χ1n) is 10.2. The van der Waals surface area contributed by atoms with Gasteiger partial charge in [-0.25, -0.2) is 0 Å². The van der Waals surface area contributed by atoms with Crippen molar-refractivity contribution in [1.82, 2.24) is 10.2 Å². The lowest BCUT2D eigenvalue weighted by molar-refractivity contribution is -0.138. The van der Waals surface area contributed by atoms with Crippen molar-refractivity contribution in [2.75, 3.05) is 18.4 Å². The smallest absolute Gasteiger partial charge is 0.231 e. The predicted octanol–water partition coefficient (Wildman–Crippen LogP) is 3.61. The van der Waals surface area contributed by atoms with Gasteiger partial charge in [0, 0.05) is 42.8 Å². The molecule has 2 unspecified atom stereocenters. The van der Waals surface area contributed by atoms with E-state index in [2.05, 4.69) is 67.5 Å². The maximum Gasteiger partial charge on any atom is 0.231 e. The molecule has 0 bridgehead atoms. The van der Waals surface area contributed by atoms with Gasteiger partial charge in [0.2, 0.25) is 5.91 Å². The van der Waals surface area contributed by atoms with E-state index in [9.17, 15) is 4.79 Å². The third kappa shape index (κ3) is 2.75. The summed E-state index contributed by atoms with van der Waals surface area (Å²) in [6, 6.07) is 7.44. The van der Waals surface area contributed by atoms with Crippen LogP contribution < -0.4 is 10.6 Å². The lowest BCUT2D eigenvalue weighted by atomic mass is 9.75. The molecule has 26 heavy (non-hydrogen) atoms. The molecule has 4 heteroatoms. The SMILES string of the molecule is CCC(C)N(C(=O)[C@@H]1C=C2c3cccc4c3C(CN4)C[C@H]2NC1)C(C)C. The minimum atomic E-state index is -0.0700. The summed E-state index contributed by atoms with van der Waals surface area (Å²) in [5.74, 6) is 0.787. The average molecular weight is 354 g/mol. The van der Waals surface area contributed by atoms with Crippen LogP contribution in [0.15, 0.2) is 24.3 Å². The monoisotopic (exact) mass is 353 g/mol. The van der Waals surface area contributed by atoms with Gasteiger partial charge in [-0.15, -0.1) is 0 Å². The van der Waals surface area contributed by atoms with Crippen LogP contribution in [0, 0.1) is 5.92 Å². The standard InChI is InChI=1S/C22H31N3O/c1-5-14(4)25(13(2)3)22(26)16-9-18-17-7-6-8-19-21(17)15(11-23-19)10-20(18)24-12-16/h6-9,13-16,20,23-24H,5,10-12H2,1-4H3/t14?,15?,16-,20-/m1/s1. The molecule has 0 saturated heterocycles. The zero-order chi connectivity index (χ0) is 18.4. The van der Waals surface area contributed by atoms with Crippen LogP contribution in [-0.2, 0) is 4.79 Å². The van der Waals surface area contributed by atoms with Gasteiger partial charge in [0.1, 0.15) is 0 Å². The van der Waals surface area contributed by atoms with E-state index >= 15 is 0 Å². The molecule has 1 aromatic rings. The quantitative estimate of drug-likeness (QED) is 0.869. The number of amides is 1. The first kappa shape index (κ1) is 17.6. The second kappa shape index (κ2) is 6.73. The van der Waals surface area contributed by atoms with E-state index < -0.39 is 0 Å². The Morgan fingerprint density at radius 1 is 1.27 bits per heavy atom. The van der Waals surface area contributed by atoms with Crippen molar-refractivity contribution in [3.63, 3.8) is 0 Å². The van der Waals surface area contributed by atoms with Crippen LogP contribution in [0.3, 0.4) is 0 Å². The Labute approximate surface area is 157 Å². The van der Waals surface area contributed by atoms with E-state index in [1.807, 2.05) is 0 Å². The van der Waals surface area contributed by atoms with Crippen LogP contribution in [0.25, 0.3) is 5.57 Å². The average Bonchev–Trinajstić information content (AvgIpc) is 3.05. The Morgan fingerprint density at radius 2 is 2.08 bits per heavy atom. The summed E-state index contributed by atoms with van der Waals surface area (Å²) in [6.07, 6.45) is 4.39. The molecule has 0 aromatic heterocycles. The van der Waals surface area contributed by atoms with Crippen molar-refractivity contribution in [3.05, 3.63) is 35.4 Å². The molecule has 0 saturated carbocycles. The molecule has 140 valence electrons. The Balaban J connectivity index is 1.68. The number of anilines is 1. The first-order chi connectivity index (χ1) is 12.5. The van der Waals surface area contributed by atoms with Crippen molar-refractivity contribution in [1.29, 1.82) is 0 Å². The molecule has 1 amide bonds. The minimum Gasteiger partial charge on any atom is -0.384 e. The molecule has 4 rings (SSSR count). The van der Waals surface area contributed by atoms with Crippen molar-refractivity contribution >= 4 is 17.2 Å². The summed E-state index contributed by atoms with van der Waals surface area (Å²) in [6.45, 7) is 10.3. The number of rotatable bonds is 4. The fourth-order valence-electron chi connectivity index (χ4n) is 5.02. The normalized spacial score (nSPS) is 27.3. The lowest BCUT2D eigenvalue weighted by Crippen LogP contribution is -2.51. The Bertz CT molecular complexity index is 739. The van der Waals surface area contributed by atoms with Crippen LogP contribution in [0.5, 0.6) is 0 Å². The highest BCUT2D eigenvalue weighted by Gasteiger charge is 2.39. The predicted molar refractivity (Wildman–Crippen MR) is 107 cm³/mol. The molecule has 1 aliphatic carbocycles. The number of nitrogens with zero attached hydrogens (tertiary/aromatic N) is 1. The number of hydrogen-bond donors (Lipinski definition) is 2. The fourth-order valence-corrected chi connectivity index (χ4v) is 5.02. The number of fused-ring (bicyclic) bond motifs is 2. The first-order valence-corrected chi connectivity index (χ1v) is 10.2. The molecule has 0 spiro atoms. The van der Waals surface area contributed by atoms with Gasteiger partial charge in [-0.2, -0.15) is 0 Å². The van der Waals surface area contributed by atoms with Gasteiger partial charge in [-0.3, -0.25) is 4.79 Å². The van der Waals surface area contributed by atoms with Crippen molar-refractivity contribution in [3.8, 4) is 0 Å². The van der Waals surface area contributed by atoms with E-state index in [1.165, 1.54) is 22.4 Å². The van der Waals surface area contributed by atoms with E-state index in [-0.39, 0.29) is 23.9 Å². The van der Waals surface area contributed by atoms with Crippen LogP contribution in [-0.4, -0.2) is 42.0 Å². The highest BCUT2D eigenvalue weighted by atomic mass is 16.2. The zero-order valence-electron chi connectivity index (χ0n) is 16.4. The lowest BCUT2D eigenvalue weighted by Gasteiger charge is -2.39. The molecule has 2 N–H and O–H groups in total. The highest BCUT2D eigenvalue weighted by molar-refractivity contribution is 5.88. The number of benzene rings is 1. The van der Waals surface area contributed by atoms with Gasteiger partial charge in [-0.05, 0) is 56.4 Å². The van der Waals surface area contributed by atoms with E-state index in [0.29, 0.717) is 12.0 Å². The highest BCUT2D eigenvalue weighted by Crippen LogP contribution is 2.46. The second-order valence-corrected chi connectivity index (χ2v) is 8.37. The molecular formula is C22H31N3O. The number of carbonyl (C=O) groups is 1. The summed E-state index contributed by atoms with van der Waals surface area (Å²) in [5, 5.41) is 7.24. The molecule has 3 aliphatic rings. The van der Waals surface area contributed by atoms with Crippen molar-refractivity contribution in [2.24, 2.45) is 5.92 Å². The van der Waals surface area contributed by atoms with Crippen molar-refractivity contribution in [2.45, 2.75) is 64.6 Å². The van der Waals surface area contributed by atoms with Crippen LogP contribution in [0.2, 0.25) is 0 Å². The van der Waals surface area contributed by atoms with Crippen LogP contribution in [0.1, 0.15) is 57.6 Å². The van der Waals surface area contributed by atoms with Crippen LogP contribution in [0.4, 0.5) is 5.69 Å². The number of nitrogens with one attached hydrogen (secondary N) is 2. The maximum atomic E-state index is 13.3. The minimum absolute atomic E-state index is 0.0700. The topological polar surface area (TPSA) is 44.4 Å². The van der Waals surface area contributed by atoms with Gasteiger partial charge in [0.25, 0.3) is 0 Å². The summed E-state index contributed by atoms with van der Waals surface area (Å²) >= 11 is 0. The van der Waals surface area contributed by atoms with Gasteiger partial charge in [0.15, 0.2) is 0 Å². The van der Waals surface area contributed by atoms with Crippen LogP contribution >= 0.6 is 0 Å². The molecule has 1 aromatic carbocycles. The van der Waals surface area contributed by atoms with Gasteiger partial charge in [-0.1, -0.05) is 25.1 Å². The van der Waals surface area contributed by atoms with Crippen molar-refractivity contribution < 1.29 is 4.79 Å². The summed E-state index contributed by atoms with van der Waals surface area (Å²) in [4.78, 5) is 15.4. The number of hydrogen-bond acceptors (Lipinski definition) is 3. The molecule has 4 nitrogen and oxygen atoms in total.